The molecule has 0 unspecified atom stereocenters. The van der Waals surface area contributed by atoms with Gasteiger partial charge in [-0.2, -0.15) is 4.98 Å². The Balaban J connectivity index is 2.01. The lowest BCUT2D eigenvalue weighted by Crippen LogP contribution is -2.29. The molecule has 21 heavy (non-hydrogen) atoms. The number of carbonyl (C=O) groups excluding carboxylic acids is 2. The van der Waals surface area contributed by atoms with Crippen LogP contribution in [0.5, 0.6) is 0 Å². The first-order chi connectivity index (χ1) is 10.0. The van der Waals surface area contributed by atoms with Gasteiger partial charge in [-0.05, 0) is 31.0 Å². The van der Waals surface area contributed by atoms with Crippen LogP contribution in [0.1, 0.15) is 40.1 Å². The third kappa shape index (κ3) is 2.12. The topological polar surface area (TPSA) is 76.3 Å². The minimum Gasteiger partial charge on any atom is -0.339 e. The Hall–Kier alpha value is -2.50. The second kappa shape index (κ2) is 4.80. The summed E-state index contributed by atoms with van der Waals surface area (Å²) in [7, 11) is 0. The van der Waals surface area contributed by atoms with Crippen molar-refractivity contribution in [3.05, 3.63) is 40.5 Å². The van der Waals surface area contributed by atoms with Crippen molar-refractivity contribution in [1.29, 1.82) is 0 Å². The van der Waals surface area contributed by atoms with Crippen molar-refractivity contribution < 1.29 is 14.1 Å². The molecular formula is C15H15N3O3. The van der Waals surface area contributed by atoms with Crippen molar-refractivity contribution in [1.82, 2.24) is 10.1 Å². The van der Waals surface area contributed by atoms with Gasteiger partial charge >= 0.3 is 0 Å². The molecule has 1 aromatic carbocycles. The maximum atomic E-state index is 12.2. The molecule has 6 nitrogen and oxygen atoms in total. The molecule has 6 heteroatoms. The van der Waals surface area contributed by atoms with E-state index in [1.54, 1.807) is 0 Å². The molecule has 0 saturated heterocycles. The Morgan fingerprint density at radius 1 is 1.24 bits per heavy atom. The van der Waals surface area contributed by atoms with Gasteiger partial charge in [0.25, 0.3) is 11.7 Å². The lowest BCUT2D eigenvalue weighted by molar-refractivity contribution is -0.114. The third-order valence-corrected chi connectivity index (χ3v) is 3.53. The van der Waals surface area contributed by atoms with Crippen LogP contribution in [0.25, 0.3) is 0 Å². The molecule has 1 aliphatic rings. The van der Waals surface area contributed by atoms with Crippen LogP contribution >= 0.6 is 0 Å². The number of aromatic nitrogens is 2. The zero-order chi connectivity index (χ0) is 15.1. The molecule has 2 heterocycles. The largest absolute Gasteiger partial charge is 0.339 e. The number of hydrogen-bond donors (Lipinski definition) is 0. The minimum atomic E-state index is -0.540. The summed E-state index contributed by atoms with van der Waals surface area (Å²) in [6.07, 6.45) is 0.634. The first-order valence-electron chi connectivity index (χ1n) is 6.80. The van der Waals surface area contributed by atoms with E-state index in [1.807, 2.05) is 32.9 Å². The van der Waals surface area contributed by atoms with Gasteiger partial charge in [-0.1, -0.05) is 18.1 Å². The fourth-order valence-corrected chi connectivity index (χ4v) is 2.59. The van der Waals surface area contributed by atoms with Crippen LogP contribution in [-0.2, 0) is 17.8 Å². The average Bonchev–Trinajstić information content (AvgIpc) is 2.98. The van der Waals surface area contributed by atoms with E-state index >= 15 is 0 Å². The van der Waals surface area contributed by atoms with E-state index in [9.17, 15) is 9.59 Å². The van der Waals surface area contributed by atoms with E-state index in [0.29, 0.717) is 29.4 Å². The molecule has 3 rings (SSSR count). The molecule has 2 aromatic rings. The number of anilines is 1. The molecule has 1 aromatic heterocycles. The van der Waals surface area contributed by atoms with Crippen LogP contribution < -0.4 is 4.90 Å². The van der Waals surface area contributed by atoms with Gasteiger partial charge in [0.15, 0.2) is 5.82 Å². The summed E-state index contributed by atoms with van der Waals surface area (Å²) >= 11 is 0. The predicted octanol–water partition coefficient (Wildman–Crippen LogP) is 1.98. The first-order valence-corrected chi connectivity index (χ1v) is 6.80. The van der Waals surface area contributed by atoms with E-state index in [0.717, 1.165) is 11.1 Å². The highest BCUT2D eigenvalue weighted by Gasteiger charge is 2.37. The van der Waals surface area contributed by atoms with Gasteiger partial charge in [0.2, 0.25) is 5.89 Å². The molecule has 0 N–H and O–H groups in total. The molecule has 0 radical (unpaired) electrons. The number of carbonyl (C=O) groups is 2. The standard InChI is InChI=1S/C15H15N3O3/c1-4-12-16-11(17-21-12)7-18-10-6-8(2)5-9(3)13(10)14(19)15(18)20/h5-6H,4,7H2,1-3H3. The van der Waals surface area contributed by atoms with Gasteiger partial charge in [-0.15, -0.1) is 0 Å². The zero-order valence-electron chi connectivity index (χ0n) is 12.1. The Labute approximate surface area is 121 Å². The van der Waals surface area contributed by atoms with E-state index in [2.05, 4.69) is 10.1 Å². The van der Waals surface area contributed by atoms with Crippen molar-refractivity contribution in [2.24, 2.45) is 0 Å². The quantitative estimate of drug-likeness (QED) is 0.806. The Morgan fingerprint density at radius 3 is 2.67 bits per heavy atom. The third-order valence-electron chi connectivity index (χ3n) is 3.53. The number of fused-ring (bicyclic) bond motifs is 1. The number of ketones is 1. The van der Waals surface area contributed by atoms with Crippen molar-refractivity contribution >= 4 is 17.4 Å². The SMILES string of the molecule is CCc1nc(CN2C(=O)C(=O)c3c(C)cc(C)cc32)no1. The molecular weight excluding hydrogens is 270 g/mol. The van der Waals surface area contributed by atoms with Crippen molar-refractivity contribution in [3.8, 4) is 0 Å². The number of amides is 1. The van der Waals surface area contributed by atoms with Crippen LogP contribution in [0, 0.1) is 13.8 Å². The van der Waals surface area contributed by atoms with Gasteiger partial charge in [0.05, 0.1) is 17.8 Å². The van der Waals surface area contributed by atoms with Gasteiger partial charge in [0, 0.05) is 6.42 Å². The van der Waals surface area contributed by atoms with Crippen molar-refractivity contribution in [2.75, 3.05) is 4.90 Å². The first kappa shape index (κ1) is 13.5. The van der Waals surface area contributed by atoms with Crippen LogP contribution in [0.2, 0.25) is 0 Å². The fourth-order valence-electron chi connectivity index (χ4n) is 2.59. The van der Waals surface area contributed by atoms with Crippen LogP contribution in [-0.4, -0.2) is 21.8 Å². The summed E-state index contributed by atoms with van der Waals surface area (Å²) < 4.78 is 5.04. The summed E-state index contributed by atoms with van der Waals surface area (Å²) in [5.74, 6) is -0.0908. The van der Waals surface area contributed by atoms with E-state index in [4.69, 9.17) is 4.52 Å². The Kier molecular flexibility index (Phi) is 3.08. The molecule has 0 spiro atoms. The smallest absolute Gasteiger partial charge is 0.299 e. The molecule has 0 aliphatic carbocycles. The number of hydrogen-bond acceptors (Lipinski definition) is 5. The van der Waals surface area contributed by atoms with Crippen LogP contribution in [0.4, 0.5) is 5.69 Å². The number of benzene rings is 1. The second-order valence-electron chi connectivity index (χ2n) is 5.15. The van der Waals surface area contributed by atoms with Gasteiger partial charge in [0.1, 0.15) is 0 Å². The van der Waals surface area contributed by atoms with Crippen LogP contribution in [0.15, 0.2) is 16.7 Å². The van der Waals surface area contributed by atoms with E-state index < -0.39 is 11.7 Å². The van der Waals surface area contributed by atoms with Gasteiger partial charge in [-0.3, -0.25) is 14.5 Å². The number of nitrogens with zero attached hydrogens (tertiary/aromatic N) is 3. The monoisotopic (exact) mass is 285 g/mol. The van der Waals surface area contributed by atoms with Crippen molar-refractivity contribution in [3.63, 3.8) is 0 Å². The zero-order valence-corrected chi connectivity index (χ0v) is 12.1. The minimum absolute atomic E-state index is 0.143. The highest BCUT2D eigenvalue weighted by molar-refractivity contribution is 6.52. The molecule has 0 saturated carbocycles. The predicted molar refractivity (Wildman–Crippen MR) is 75.1 cm³/mol. The fraction of sp³-hybridized carbons (Fsp3) is 0.333. The van der Waals surface area contributed by atoms with Crippen molar-refractivity contribution in [2.45, 2.75) is 33.7 Å². The summed E-state index contributed by atoms with van der Waals surface area (Å²) in [5, 5.41) is 3.84. The number of rotatable bonds is 3. The molecule has 0 atom stereocenters. The van der Waals surface area contributed by atoms with Gasteiger partial charge < -0.3 is 4.52 Å². The molecule has 108 valence electrons. The highest BCUT2D eigenvalue weighted by atomic mass is 16.5. The average molecular weight is 285 g/mol. The van der Waals surface area contributed by atoms with E-state index in [-0.39, 0.29) is 6.54 Å². The van der Waals surface area contributed by atoms with Gasteiger partial charge in [-0.25, -0.2) is 0 Å². The highest BCUT2D eigenvalue weighted by Crippen LogP contribution is 2.33. The Morgan fingerprint density at radius 2 is 2.00 bits per heavy atom. The second-order valence-corrected chi connectivity index (χ2v) is 5.15. The number of aryl methyl sites for hydroxylation is 3. The lowest BCUT2D eigenvalue weighted by atomic mass is 10.0. The summed E-state index contributed by atoms with van der Waals surface area (Å²) in [6.45, 7) is 5.82. The Bertz CT molecular complexity index is 749. The summed E-state index contributed by atoms with van der Waals surface area (Å²) in [4.78, 5) is 29.9. The summed E-state index contributed by atoms with van der Waals surface area (Å²) in [6, 6.07) is 3.74. The van der Waals surface area contributed by atoms with Crippen LogP contribution in [0.3, 0.4) is 0 Å². The number of Topliss-reactive ketones (excluding diaryl/α,β-unsaturated/α-hetero) is 1. The normalized spacial score (nSPS) is 14.0. The molecule has 0 bridgehead atoms. The van der Waals surface area contributed by atoms with E-state index in [1.165, 1.54) is 4.90 Å². The molecule has 0 fully saturated rings. The summed E-state index contributed by atoms with van der Waals surface area (Å²) in [5.41, 5.74) is 2.92. The maximum Gasteiger partial charge on any atom is 0.299 e. The molecule has 1 amide bonds. The lowest BCUT2D eigenvalue weighted by Gasteiger charge is -2.15. The molecule has 1 aliphatic heterocycles. The maximum absolute atomic E-state index is 12.2.